The van der Waals surface area contributed by atoms with Crippen molar-refractivity contribution in [3.63, 3.8) is 0 Å². The third-order valence-electron chi connectivity index (χ3n) is 2.39. The highest BCUT2D eigenvalue weighted by molar-refractivity contribution is 7.84. The molecule has 1 rings (SSSR count). The van der Waals surface area contributed by atoms with Crippen molar-refractivity contribution < 1.29 is 4.21 Å². The summed E-state index contributed by atoms with van der Waals surface area (Å²) >= 11 is 4.95. The minimum absolute atomic E-state index is 0.177. The standard InChI is InChI=1S/C12H18N2OS2/c1-8-6-10(4-5-11(8)12(13)16)14-9(2)7-17(3)15/h4-6,9,14H,7H2,1-3H3,(H2,13,16). The Labute approximate surface area is 110 Å². The number of rotatable bonds is 5. The first-order valence-electron chi connectivity index (χ1n) is 5.37. The molecule has 5 heteroatoms. The third kappa shape index (κ3) is 4.44. The second kappa shape index (κ2) is 6.12. The summed E-state index contributed by atoms with van der Waals surface area (Å²) in [6.07, 6.45) is 1.71. The van der Waals surface area contributed by atoms with E-state index in [1.165, 1.54) is 0 Å². The van der Waals surface area contributed by atoms with Gasteiger partial charge in [-0.3, -0.25) is 4.21 Å². The van der Waals surface area contributed by atoms with Crippen molar-refractivity contribution in [1.82, 2.24) is 0 Å². The van der Waals surface area contributed by atoms with Crippen LogP contribution in [0.2, 0.25) is 0 Å². The fourth-order valence-electron chi connectivity index (χ4n) is 1.71. The highest BCUT2D eigenvalue weighted by Gasteiger charge is 2.06. The van der Waals surface area contributed by atoms with Crippen LogP contribution in [0.3, 0.4) is 0 Å². The van der Waals surface area contributed by atoms with Crippen LogP contribution in [0.5, 0.6) is 0 Å². The Morgan fingerprint density at radius 3 is 2.71 bits per heavy atom. The van der Waals surface area contributed by atoms with Crippen LogP contribution in [0.1, 0.15) is 18.1 Å². The van der Waals surface area contributed by atoms with E-state index in [2.05, 4.69) is 5.32 Å². The van der Waals surface area contributed by atoms with Gasteiger partial charge in [0, 0.05) is 40.1 Å². The number of benzene rings is 1. The Morgan fingerprint density at radius 1 is 1.59 bits per heavy atom. The fraction of sp³-hybridized carbons (Fsp3) is 0.417. The lowest BCUT2D eigenvalue weighted by Gasteiger charge is -2.15. The van der Waals surface area contributed by atoms with E-state index in [0.717, 1.165) is 16.8 Å². The first-order valence-corrected chi connectivity index (χ1v) is 7.50. The van der Waals surface area contributed by atoms with Crippen molar-refractivity contribution in [1.29, 1.82) is 0 Å². The molecular weight excluding hydrogens is 252 g/mol. The van der Waals surface area contributed by atoms with Gasteiger partial charge in [-0.1, -0.05) is 12.2 Å². The average Bonchev–Trinajstić information content (AvgIpc) is 2.15. The molecule has 2 unspecified atom stereocenters. The highest BCUT2D eigenvalue weighted by Crippen LogP contribution is 2.16. The largest absolute Gasteiger partial charge is 0.389 e. The lowest BCUT2D eigenvalue weighted by molar-refractivity contribution is 0.683. The van der Waals surface area contributed by atoms with Crippen molar-refractivity contribution in [2.24, 2.45) is 5.73 Å². The normalized spacial score (nSPS) is 14.1. The molecule has 1 aromatic carbocycles. The maximum Gasteiger partial charge on any atom is 0.104 e. The zero-order valence-corrected chi connectivity index (χ0v) is 12.0. The molecular formula is C12H18N2OS2. The minimum atomic E-state index is -0.790. The van der Waals surface area contributed by atoms with Crippen LogP contribution in [-0.2, 0) is 10.8 Å². The first kappa shape index (κ1) is 14.1. The van der Waals surface area contributed by atoms with Gasteiger partial charge in [0.2, 0.25) is 0 Å². The van der Waals surface area contributed by atoms with Crippen LogP contribution in [0, 0.1) is 6.92 Å². The molecule has 0 amide bonds. The molecule has 0 saturated carbocycles. The van der Waals surface area contributed by atoms with Crippen molar-refractivity contribution >= 4 is 33.7 Å². The summed E-state index contributed by atoms with van der Waals surface area (Å²) < 4.78 is 11.1. The van der Waals surface area contributed by atoms with Gasteiger partial charge < -0.3 is 11.1 Å². The van der Waals surface area contributed by atoms with Crippen LogP contribution in [0.4, 0.5) is 5.69 Å². The van der Waals surface area contributed by atoms with Gasteiger partial charge >= 0.3 is 0 Å². The van der Waals surface area contributed by atoms with Gasteiger partial charge in [0.1, 0.15) is 4.99 Å². The zero-order chi connectivity index (χ0) is 13.0. The molecule has 3 nitrogen and oxygen atoms in total. The van der Waals surface area contributed by atoms with Crippen molar-refractivity contribution in [2.75, 3.05) is 17.3 Å². The van der Waals surface area contributed by atoms with Crippen LogP contribution in [-0.4, -0.2) is 27.2 Å². The van der Waals surface area contributed by atoms with Gasteiger partial charge in [0.25, 0.3) is 0 Å². The van der Waals surface area contributed by atoms with E-state index >= 15 is 0 Å². The second-order valence-corrected chi connectivity index (χ2v) is 6.10. The van der Waals surface area contributed by atoms with Gasteiger partial charge in [-0.05, 0) is 37.6 Å². The highest BCUT2D eigenvalue weighted by atomic mass is 32.2. The summed E-state index contributed by atoms with van der Waals surface area (Å²) in [5.74, 6) is 0.635. The van der Waals surface area contributed by atoms with Gasteiger partial charge in [-0.15, -0.1) is 0 Å². The summed E-state index contributed by atoms with van der Waals surface area (Å²) in [5.41, 5.74) is 8.55. The summed E-state index contributed by atoms with van der Waals surface area (Å²) in [6.45, 7) is 3.99. The third-order valence-corrected chi connectivity index (χ3v) is 3.58. The van der Waals surface area contributed by atoms with Gasteiger partial charge in [0.05, 0.1) is 0 Å². The van der Waals surface area contributed by atoms with Crippen LogP contribution < -0.4 is 11.1 Å². The zero-order valence-electron chi connectivity index (χ0n) is 10.3. The molecule has 94 valence electrons. The SMILES string of the molecule is Cc1cc(NC(C)CS(C)=O)ccc1C(N)=S. The van der Waals surface area contributed by atoms with Gasteiger partial charge in [-0.25, -0.2) is 0 Å². The summed E-state index contributed by atoms with van der Waals surface area (Å²) in [6, 6.07) is 6.03. The maximum atomic E-state index is 11.1. The maximum absolute atomic E-state index is 11.1. The second-order valence-electron chi connectivity index (χ2n) is 4.18. The number of hydrogen-bond acceptors (Lipinski definition) is 3. The molecule has 0 bridgehead atoms. The Balaban J connectivity index is 2.77. The molecule has 0 aliphatic carbocycles. The predicted molar refractivity (Wildman–Crippen MR) is 79.1 cm³/mol. The molecule has 0 aromatic heterocycles. The number of aryl methyl sites for hydroxylation is 1. The van der Waals surface area contributed by atoms with E-state index in [-0.39, 0.29) is 6.04 Å². The predicted octanol–water partition coefficient (Wildman–Crippen LogP) is 1.81. The lowest BCUT2D eigenvalue weighted by Crippen LogP contribution is -2.22. The molecule has 0 saturated heterocycles. The van der Waals surface area contributed by atoms with Crippen molar-refractivity contribution in [3.05, 3.63) is 29.3 Å². The van der Waals surface area contributed by atoms with Crippen LogP contribution >= 0.6 is 12.2 Å². The number of hydrogen-bond donors (Lipinski definition) is 2. The molecule has 1 aromatic rings. The molecule has 2 atom stereocenters. The monoisotopic (exact) mass is 270 g/mol. The summed E-state index contributed by atoms with van der Waals surface area (Å²) in [7, 11) is -0.790. The van der Waals surface area contributed by atoms with Crippen molar-refractivity contribution in [2.45, 2.75) is 19.9 Å². The summed E-state index contributed by atoms with van der Waals surface area (Å²) in [5, 5.41) is 3.30. The molecule has 0 radical (unpaired) electrons. The minimum Gasteiger partial charge on any atom is -0.389 e. The number of anilines is 1. The van der Waals surface area contributed by atoms with E-state index in [9.17, 15) is 4.21 Å². The van der Waals surface area contributed by atoms with E-state index in [0.29, 0.717) is 10.7 Å². The molecule has 3 N–H and O–H groups in total. The van der Waals surface area contributed by atoms with E-state index in [1.807, 2.05) is 32.0 Å². The quantitative estimate of drug-likeness (QED) is 0.801. The average molecular weight is 270 g/mol. The summed E-state index contributed by atoms with van der Waals surface area (Å²) in [4.78, 5) is 0.414. The molecule has 0 aliphatic rings. The van der Waals surface area contributed by atoms with E-state index in [1.54, 1.807) is 6.26 Å². The Kier molecular flexibility index (Phi) is 5.08. The molecule has 0 aliphatic heterocycles. The van der Waals surface area contributed by atoms with Gasteiger partial charge in [0.15, 0.2) is 0 Å². The van der Waals surface area contributed by atoms with E-state index in [4.69, 9.17) is 18.0 Å². The topological polar surface area (TPSA) is 55.1 Å². The van der Waals surface area contributed by atoms with Gasteiger partial charge in [-0.2, -0.15) is 0 Å². The number of thiocarbonyl (C=S) groups is 1. The van der Waals surface area contributed by atoms with Crippen molar-refractivity contribution in [3.8, 4) is 0 Å². The molecule has 17 heavy (non-hydrogen) atoms. The Hall–Kier alpha value is -0.940. The lowest BCUT2D eigenvalue weighted by atomic mass is 10.1. The first-order chi connectivity index (χ1) is 7.90. The van der Waals surface area contributed by atoms with E-state index < -0.39 is 10.8 Å². The smallest absolute Gasteiger partial charge is 0.104 e. The van der Waals surface area contributed by atoms with Crippen LogP contribution in [0.25, 0.3) is 0 Å². The van der Waals surface area contributed by atoms with Crippen LogP contribution in [0.15, 0.2) is 18.2 Å². The molecule has 0 heterocycles. The molecule has 0 spiro atoms. The Bertz CT molecular complexity index is 446. The number of nitrogens with two attached hydrogens (primary N) is 1. The number of nitrogens with one attached hydrogen (secondary N) is 1. The fourth-order valence-corrected chi connectivity index (χ4v) is 2.72. The molecule has 0 fully saturated rings. The Morgan fingerprint density at radius 2 is 2.24 bits per heavy atom.